The number of hydrogen-bond acceptors (Lipinski definition) is 8. The maximum absolute atomic E-state index is 5.95. The summed E-state index contributed by atoms with van der Waals surface area (Å²) in [6, 6.07) is 19.4. The Balaban J connectivity index is 1.55. The zero-order valence-electron chi connectivity index (χ0n) is 20.1. The SMILES string of the molecule is COCCOc1cc2ncnc(Nc3ccc(Oc4cccc(C)c4)cc3)c2cc1OCCOC. The van der Waals surface area contributed by atoms with Gasteiger partial charge in [0.15, 0.2) is 11.5 Å². The molecule has 0 unspecified atom stereocenters. The maximum Gasteiger partial charge on any atom is 0.163 e. The Hall–Kier alpha value is -3.88. The summed E-state index contributed by atoms with van der Waals surface area (Å²) >= 11 is 0. The molecule has 4 rings (SSSR count). The molecule has 0 amide bonds. The van der Waals surface area contributed by atoms with Gasteiger partial charge in [0, 0.05) is 31.4 Å². The van der Waals surface area contributed by atoms with Crippen LogP contribution in [0.15, 0.2) is 67.0 Å². The lowest BCUT2D eigenvalue weighted by Crippen LogP contribution is -2.09. The van der Waals surface area contributed by atoms with E-state index in [1.807, 2.05) is 67.6 Å². The fourth-order valence-electron chi connectivity index (χ4n) is 3.42. The van der Waals surface area contributed by atoms with Gasteiger partial charge < -0.3 is 29.0 Å². The first-order valence-electron chi connectivity index (χ1n) is 11.3. The first-order chi connectivity index (χ1) is 17.2. The number of nitrogens with zero attached hydrogens (tertiary/aromatic N) is 2. The van der Waals surface area contributed by atoms with Crippen molar-refractivity contribution in [2.75, 3.05) is 46.0 Å². The number of nitrogens with one attached hydrogen (secondary N) is 1. The van der Waals surface area contributed by atoms with E-state index < -0.39 is 0 Å². The summed E-state index contributed by atoms with van der Waals surface area (Å²) in [6.45, 7) is 3.75. The molecule has 0 aliphatic heterocycles. The van der Waals surface area contributed by atoms with E-state index in [9.17, 15) is 0 Å². The van der Waals surface area contributed by atoms with Gasteiger partial charge in [-0.05, 0) is 55.0 Å². The van der Waals surface area contributed by atoms with Crippen molar-refractivity contribution in [2.45, 2.75) is 6.92 Å². The number of anilines is 2. The largest absolute Gasteiger partial charge is 0.487 e. The summed E-state index contributed by atoms with van der Waals surface area (Å²) in [5.41, 5.74) is 2.74. The third-order valence-electron chi connectivity index (χ3n) is 5.13. The summed E-state index contributed by atoms with van der Waals surface area (Å²) in [6.07, 6.45) is 1.52. The van der Waals surface area contributed by atoms with Crippen molar-refractivity contribution in [3.05, 3.63) is 72.6 Å². The van der Waals surface area contributed by atoms with Gasteiger partial charge in [0.05, 0.1) is 18.7 Å². The smallest absolute Gasteiger partial charge is 0.163 e. The Morgan fingerprint density at radius 3 is 2.14 bits per heavy atom. The number of fused-ring (bicyclic) bond motifs is 1. The summed E-state index contributed by atoms with van der Waals surface area (Å²) in [4.78, 5) is 8.87. The molecule has 0 spiro atoms. The summed E-state index contributed by atoms with van der Waals surface area (Å²) in [7, 11) is 3.26. The van der Waals surface area contributed by atoms with E-state index in [1.54, 1.807) is 14.2 Å². The van der Waals surface area contributed by atoms with Crippen molar-refractivity contribution in [2.24, 2.45) is 0 Å². The Bertz CT molecular complexity index is 1250. The minimum atomic E-state index is 0.390. The predicted molar refractivity (Wildman–Crippen MR) is 135 cm³/mol. The average Bonchev–Trinajstić information content (AvgIpc) is 2.86. The Morgan fingerprint density at radius 2 is 1.46 bits per heavy atom. The van der Waals surface area contributed by atoms with Crippen LogP contribution in [0.5, 0.6) is 23.0 Å². The van der Waals surface area contributed by atoms with Crippen molar-refractivity contribution in [3.8, 4) is 23.0 Å². The monoisotopic (exact) mass is 475 g/mol. The van der Waals surface area contributed by atoms with Crippen molar-refractivity contribution in [1.29, 1.82) is 0 Å². The molecule has 0 saturated carbocycles. The van der Waals surface area contributed by atoms with E-state index in [0.717, 1.165) is 33.7 Å². The number of ether oxygens (including phenoxy) is 5. The number of methoxy groups -OCH3 is 2. The second kappa shape index (κ2) is 12.0. The van der Waals surface area contributed by atoms with Gasteiger partial charge in [-0.3, -0.25) is 0 Å². The first kappa shape index (κ1) is 24.3. The highest BCUT2D eigenvalue weighted by atomic mass is 16.5. The van der Waals surface area contributed by atoms with Crippen molar-refractivity contribution in [3.63, 3.8) is 0 Å². The van der Waals surface area contributed by atoms with E-state index in [1.165, 1.54) is 6.33 Å². The maximum atomic E-state index is 5.95. The lowest BCUT2D eigenvalue weighted by Gasteiger charge is -2.15. The molecule has 1 aromatic heterocycles. The normalized spacial score (nSPS) is 10.8. The van der Waals surface area contributed by atoms with Gasteiger partial charge in [0.1, 0.15) is 36.9 Å². The van der Waals surface area contributed by atoms with Crippen LogP contribution in [0, 0.1) is 6.92 Å². The van der Waals surface area contributed by atoms with E-state index in [4.69, 9.17) is 23.7 Å². The molecule has 0 radical (unpaired) electrons. The van der Waals surface area contributed by atoms with Crippen LogP contribution in [-0.4, -0.2) is 50.6 Å². The number of benzene rings is 3. The molecule has 0 bridgehead atoms. The van der Waals surface area contributed by atoms with E-state index in [-0.39, 0.29) is 0 Å². The van der Waals surface area contributed by atoms with E-state index >= 15 is 0 Å². The number of aromatic nitrogens is 2. The molecule has 0 aliphatic carbocycles. The van der Waals surface area contributed by atoms with Crippen molar-refractivity contribution < 1.29 is 23.7 Å². The molecule has 35 heavy (non-hydrogen) atoms. The zero-order chi connectivity index (χ0) is 24.5. The van der Waals surface area contributed by atoms with Crippen LogP contribution < -0.4 is 19.5 Å². The van der Waals surface area contributed by atoms with Gasteiger partial charge in [-0.15, -0.1) is 0 Å². The van der Waals surface area contributed by atoms with Crippen LogP contribution in [0.3, 0.4) is 0 Å². The van der Waals surface area contributed by atoms with Gasteiger partial charge in [-0.1, -0.05) is 12.1 Å². The standard InChI is InChI=1S/C27H29N3O5/c1-19-5-4-6-22(15-19)35-21-9-7-20(8-10-21)30-27-23-16-25(33-13-11-31-2)26(34-14-12-32-3)17-24(23)28-18-29-27/h4-10,15-18H,11-14H2,1-3H3,(H,28,29,30). The molecule has 1 N–H and O–H groups in total. The fourth-order valence-corrected chi connectivity index (χ4v) is 3.42. The lowest BCUT2D eigenvalue weighted by atomic mass is 10.2. The predicted octanol–water partition coefficient (Wildman–Crippen LogP) is 5.52. The highest BCUT2D eigenvalue weighted by Crippen LogP contribution is 2.35. The summed E-state index contributed by atoms with van der Waals surface area (Å²) in [5, 5.41) is 4.17. The molecule has 3 aromatic carbocycles. The highest BCUT2D eigenvalue weighted by Gasteiger charge is 2.13. The lowest BCUT2D eigenvalue weighted by molar-refractivity contribution is 0.132. The number of aryl methyl sites for hydroxylation is 1. The first-order valence-corrected chi connectivity index (χ1v) is 11.3. The molecular formula is C27H29N3O5. The van der Waals surface area contributed by atoms with Gasteiger partial charge in [0.2, 0.25) is 0 Å². The highest BCUT2D eigenvalue weighted by molar-refractivity contribution is 5.93. The van der Waals surface area contributed by atoms with Crippen LogP contribution >= 0.6 is 0 Å². The molecule has 8 nitrogen and oxygen atoms in total. The van der Waals surface area contributed by atoms with E-state index in [0.29, 0.717) is 43.7 Å². The van der Waals surface area contributed by atoms with Gasteiger partial charge >= 0.3 is 0 Å². The topological polar surface area (TPSA) is 84.0 Å². The van der Waals surface area contributed by atoms with Gasteiger partial charge in [-0.25, -0.2) is 9.97 Å². The summed E-state index contributed by atoms with van der Waals surface area (Å²) in [5.74, 6) is 3.39. The molecule has 0 fully saturated rings. The number of hydrogen-bond donors (Lipinski definition) is 1. The molecule has 1 heterocycles. The minimum Gasteiger partial charge on any atom is -0.487 e. The molecule has 4 aromatic rings. The van der Waals surface area contributed by atoms with Crippen LogP contribution in [-0.2, 0) is 9.47 Å². The third kappa shape index (κ3) is 6.59. The quantitative estimate of drug-likeness (QED) is 0.268. The third-order valence-corrected chi connectivity index (χ3v) is 5.13. The van der Waals surface area contributed by atoms with Crippen molar-refractivity contribution >= 4 is 22.4 Å². The second-order valence-electron chi connectivity index (χ2n) is 7.79. The van der Waals surface area contributed by atoms with Crippen LogP contribution in [0.1, 0.15) is 5.56 Å². The minimum absolute atomic E-state index is 0.390. The summed E-state index contributed by atoms with van der Waals surface area (Å²) < 4.78 is 27.9. The van der Waals surface area contributed by atoms with Crippen molar-refractivity contribution in [1.82, 2.24) is 9.97 Å². The Kier molecular flexibility index (Phi) is 8.32. The van der Waals surface area contributed by atoms with Crippen LogP contribution in [0.25, 0.3) is 10.9 Å². The number of rotatable bonds is 12. The molecule has 182 valence electrons. The van der Waals surface area contributed by atoms with Gasteiger partial charge in [0.25, 0.3) is 0 Å². The second-order valence-corrected chi connectivity index (χ2v) is 7.79. The molecular weight excluding hydrogens is 446 g/mol. The fraction of sp³-hybridized carbons (Fsp3) is 0.259. The van der Waals surface area contributed by atoms with E-state index in [2.05, 4.69) is 15.3 Å². The Labute approximate surface area is 204 Å². The molecule has 8 heteroatoms. The van der Waals surface area contributed by atoms with Crippen LogP contribution in [0.4, 0.5) is 11.5 Å². The molecule has 0 aliphatic rings. The molecule has 0 atom stereocenters. The molecule has 0 saturated heterocycles. The van der Waals surface area contributed by atoms with Crippen LogP contribution in [0.2, 0.25) is 0 Å². The van der Waals surface area contributed by atoms with Gasteiger partial charge in [-0.2, -0.15) is 0 Å². The zero-order valence-corrected chi connectivity index (χ0v) is 20.1. The average molecular weight is 476 g/mol. The Morgan fingerprint density at radius 1 is 0.743 bits per heavy atom.